The number of hydrogen-bond acceptors (Lipinski definition) is 2. The molecule has 3 rings (SSSR count). The van der Waals surface area contributed by atoms with E-state index in [4.69, 9.17) is 35.4 Å². The Hall–Kier alpha value is -1.33. The van der Waals surface area contributed by atoms with Crippen molar-refractivity contribution in [1.82, 2.24) is 9.80 Å². The molecule has 0 amide bonds. The van der Waals surface area contributed by atoms with Gasteiger partial charge in [0.1, 0.15) is 0 Å². The van der Waals surface area contributed by atoms with Gasteiger partial charge in [0.15, 0.2) is 5.11 Å². The number of halogens is 2. The average molecular weight is 380 g/mol. The lowest BCUT2D eigenvalue weighted by atomic mass is 10.2. The van der Waals surface area contributed by atoms with Crippen LogP contribution in [-0.2, 0) is 6.54 Å². The number of anilines is 1. The predicted octanol–water partition coefficient (Wildman–Crippen LogP) is 4.51. The van der Waals surface area contributed by atoms with E-state index in [0.29, 0.717) is 5.02 Å². The zero-order chi connectivity index (χ0) is 16.9. The maximum atomic E-state index is 6.01. The molecule has 126 valence electrons. The molecule has 0 aliphatic carbocycles. The van der Waals surface area contributed by atoms with Crippen molar-refractivity contribution in [3.05, 3.63) is 64.1 Å². The van der Waals surface area contributed by atoms with Crippen LogP contribution in [0.5, 0.6) is 0 Å². The van der Waals surface area contributed by atoms with Gasteiger partial charge in [-0.2, -0.15) is 0 Å². The van der Waals surface area contributed by atoms with E-state index in [1.54, 1.807) is 0 Å². The number of thiocarbonyl (C=S) groups is 1. The molecule has 1 fully saturated rings. The van der Waals surface area contributed by atoms with Crippen LogP contribution >= 0.6 is 35.4 Å². The number of nitrogens with zero attached hydrogens (tertiary/aromatic N) is 2. The topological polar surface area (TPSA) is 18.5 Å². The van der Waals surface area contributed by atoms with Gasteiger partial charge in [-0.15, -0.1) is 0 Å². The third-order valence-corrected chi connectivity index (χ3v) is 4.90. The van der Waals surface area contributed by atoms with Crippen molar-refractivity contribution < 1.29 is 0 Å². The Morgan fingerprint density at radius 1 is 0.958 bits per heavy atom. The Balaban J connectivity index is 1.49. The van der Waals surface area contributed by atoms with Gasteiger partial charge >= 0.3 is 0 Å². The highest BCUT2D eigenvalue weighted by atomic mass is 35.5. The maximum Gasteiger partial charge on any atom is 0.173 e. The normalized spacial score (nSPS) is 15.3. The minimum absolute atomic E-state index is 0.704. The highest BCUT2D eigenvalue weighted by molar-refractivity contribution is 7.80. The minimum Gasteiger partial charge on any atom is -0.346 e. The standard InChI is InChI=1S/C18H19Cl2N3S/c19-15-6-4-14(5-7-15)13-22-8-10-23(11-9-22)18(24)21-17-3-1-2-16(20)12-17/h1-7,12H,8-11,13H2,(H,21,24). The van der Waals surface area contributed by atoms with Crippen LogP contribution in [0.15, 0.2) is 48.5 Å². The predicted molar refractivity (Wildman–Crippen MR) is 106 cm³/mol. The second-order valence-electron chi connectivity index (χ2n) is 5.83. The lowest BCUT2D eigenvalue weighted by Gasteiger charge is -2.36. The van der Waals surface area contributed by atoms with Crippen LogP contribution in [0.3, 0.4) is 0 Å². The molecule has 1 N–H and O–H groups in total. The molecule has 0 unspecified atom stereocenters. The van der Waals surface area contributed by atoms with Crippen molar-refractivity contribution in [3.63, 3.8) is 0 Å². The first-order chi connectivity index (χ1) is 11.6. The molecule has 24 heavy (non-hydrogen) atoms. The molecule has 1 aliphatic heterocycles. The number of nitrogens with one attached hydrogen (secondary N) is 1. The van der Waals surface area contributed by atoms with Gasteiger partial charge in [0.25, 0.3) is 0 Å². The van der Waals surface area contributed by atoms with Crippen LogP contribution in [0, 0.1) is 0 Å². The summed E-state index contributed by atoms with van der Waals surface area (Å²) >= 11 is 17.5. The fraction of sp³-hybridized carbons (Fsp3) is 0.278. The van der Waals surface area contributed by atoms with Crippen molar-refractivity contribution in [1.29, 1.82) is 0 Å². The molecule has 6 heteroatoms. The Kier molecular flexibility index (Phi) is 5.95. The second-order valence-corrected chi connectivity index (χ2v) is 7.09. The monoisotopic (exact) mass is 379 g/mol. The van der Waals surface area contributed by atoms with Gasteiger partial charge in [-0.25, -0.2) is 0 Å². The van der Waals surface area contributed by atoms with Gasteiger partial charge in [0.2, 0.25) is 0 Å². The average Bonchev–Trinajstić information content (AvgIpc) is 2.57. The largest absolute Gasteiger partial charge is 0.346 e. The maximum absolute atomic E-state index is 6.01. The summed E-state index contributed by atoms with van der Waals surface area (Å²) < 4.78 is 0. The molecule has 0 saturated carbocycles. The van der Waals surface area contributed by atoms with Gasteiger partial charge in [0.05, 0.1) is 0 Å². The smallest absolute Gasteiger partial charge is 0.173 e. The van der Waals surface area contributed by atoms with Crippen LogP contribution in [0.4, 0.5) is 5.69 Å². The van der Waals surface area contributed by atoms with Gasteiger partial charge in [-0.05, 0) is 48.1 Å². The molecule has 0 bridgehead atoms. The summed E-state index contributed by atoms with van der Waals surface area (Å²) in [5, 5.41) is 5.50. The van der Waals surface area contributed by atoms with Crippen molar-refractivity contribution in [2.45, 2.75) is 6.54 Å². The number of rotatable bonds is 3. The molecule has 0 aromatic heterocycles. The van der Waals surface area contributed by atoms with Gasteiger partial charge in [-0.1, -0.05) is 41.4 Å². The van der Waals surface area contributed by atoms with Crippen LogP contribution < -0.4 is 5.32 Å². The van der Waals surface area contributed by atoms with Gasteiger partial charge in [0, 0.05) is 48.5 Å². The summed E-state index contributed by atoms with van der Waals surface area (Å²) in [5.41, 5.74) is 2.21. The van der Waals surface area contributed by atoms with E-state index >= 15 is 0 Å². The molecule has 1 heterocycles. The SMILES string of the molecule is S=C(Nc1cccc(Cl)c1)N1CCN(Cc2ccc(Cl)cc2)CC1. The van der Waals surface area contributed by atoms with E-state index in [0.717, 1.165) is 48.5 Å². The first-order valence-electron chi connectivity index (χ1n) is 7.88. The highest BCUT2D eigenvalue weighted by Crippen LogP contribution is 2.17. The van der Waals surface area contributed by atoms with Crippen LogP contribution in [0.25, 0.3) is 0 Å². The van der Waals surface area contributed by atoms with Crippen LogP contribution in [-0.4, -0.2) is 41.1 Å². The summed E-state index contributed by atoms with van der Waals surface area (Å²) in [7, 11) is 0. The molecule has 2 aromatic rings. The summed E-state index contributed by atoms with van der Waals surface area (Å²) in [6.45, 7) is 4.75. The van der Waals surface area contributed by atoms with E-state index < -0.39 is 0 Å². The van der Waals surface area contributed by atoms with Gasteiger partial charge < -0.3 is 10.2 Å². The molecular weight excluding hydrogens is 361 g/mol. The lowest BCUT2D eigenvalue weighted by molar-refractivity contribution is 0.177. The summed E-state index contributed by atoms with van der Waals surface area (Å²) in [6, 6.07) is 15.7. The summed E-state index contributed by atoms with van der Waals surface area (Å²) in [5.74, 6) is 0. The van der Waals surface area contributed by atoms with E-state index in [1.807, 2.05) is 36.4 Å². The summed E-state index contributed by atoms with van der Waals surface area (Å²) in [4.78, 5) is 4.64. The van der Waals surface area contributed by atoms with Crippen LogP contribution in [0.1, 0.15) is 5.56 Å². The zero-order valence-electron chi connectivity index (χ0n) is 13.2. The Morgan fingerprint density at radius 3 is 2.33 bits per heavy atom. The molecule has 0 spiro atoms. The minimum atomic E-state index is 0.704. The van der Waals surface area contributed by atoms with Crippen molar-refractivity contribution in [2.75, 3.05) is 31.5 Å². The fourth-order valence-corrected chi connectivity index (χ4v) is 3.34. The van der Waals surface area contributed by atoms with Crippen LogP contribution in [0.2, 0.25) is 10.0 Å². The molecule has 3 nitrogen and oxygen atoms in total. The summed E-state index contributed by atoms with van der Waals surface area (Å²) in [6.07, 6.45) is 0. The third-order valence-electron chi connectivity index (χ3n) is 4.05. The molecular formula is C18H19Cl2N3S. The van der Waals surface area contributed by atoms with Crippen molar-refractivity contribution >= 4 is 46.2 Å². The molecule has 0 radical (unpaired) electrons. The number of piperazine rings is 1. The number of hydrogen-bond donors (Lipinski definition) is 1. The Morgan fingerprint density at radius 2 is 1.67 bits per heavy atom. The van der Waals surface area contributed by atoms with Gasteiger partial charge in [-0.3, -0.25) is 4.90 Å². The van der Waals surface area contributed by atoms with Crippen molar-refractivity contribution in [2.24, 2.45) is 0 Å². The Bertz CT molecular complexity index is 698. The van der Waals surface area contributed by atoms with E-state index in [1.165, 1.54) is 5.56 Å². The Labute approximate surface area is 158 Å². The van der Waals surface area contributed by atoms with E-state index in [-0.39, 0.29) is 0 Å². The first kappa shape index (κ1) is 17.5. The molecule has 1 saturated heterocycles. The second kappa shape index (κ2) is 8.17. The highest BCUT2D eigenvalue weighted by Gasteiger charge is 2.19. The fourth-order valence-electron chi connectivity index (χ4n) is 2.73. The van der Waals surface area contributed by atoms with Crippen molar-refractivity contribution in [3.8, 4) is 0 Å². The third kappa shape index (κ3) is 4.84. The quantitative estimate of drug-likeness (QED) is 0.790. The lowest BCUT2D eigenvalue weighted by Crippen LogP contribution is -2.49. The first-order valence-corrected chi connectivity index (χ1v) is 9.05. The molecule has 1 aliphatic rings. The zero-order valence-corrected chi connectivity index (χ0v) is 15.5. The van der Waals surface area contributed by atoms with E-state index in [9.17, 15) is 0 Å². The van der Waals surface area contributed by atoms with E-state index in [2.05, 4.69) is 27.2 Å². The molecule has 0 atom stereocenters. The number of benzene rings is 2. The molecule has 2 aromatic carbocycles.